The van der Waals surface area contributed by atoms with Crippen LogP contribution in [0.25, 0.3) is 10.9 Å². The number of hydrogen-bond donors (Lipinski definition) is 2. The van der Waals surface area contributed by atoms with E-state index in [2.05, 4.69) is 4.98 Å². The monoisotopic (exact) mass is 314 g/mol. The standard InChI is InChI=1S/C18H22N2O3/c1-12-5-3-6-14-13(10-19-16(12)14)9-15(21)20-8-4-7-18(2,11-20)17(22)23/h3,5-6,10,19H,4,7-9,11H2,1-2H3,(H,22,23). The van der Waals surface area contributed by atoms with Crippen LogP contribution in [0.1, 0.15) is 30.9 Å². The minimum Gasteiger partial charge on any atom is -0.481 e. The van der Waals surface area contributed by atoms with Gasteiger partial charge in [0.2, 0.25) is 5.91 Å². The summed E-state index contributed by atoms with van der Waals surface area (Å²) in [5, 5.41) is 10.4. The van der Waals surface area contributed by atoms with Gasteiger partial charge in [0, 0.05) is 30.2 Å². The number of fused-ring (bicyclic) bond motifs is 1. The highest BCUT2D eigenvalue weighted by molar-refractivity contribution is 5.90. The van der Waals surface area contributed by atoms with Gasteiger partial charge in [0.1, 0.15) is 0 Å². The number of rotatable bonds is 3. The van der Waals surface area contributed by atoms with Crippen molar-refractivity contribution in [3.05, 3.63) is 35.5 Å². The first-order valence-corrected chi connectivity index (χ1v) is 7.97. The number of benzene rings is 1. The topological polar surface area (TPSA) is 73.4 Å². The molecule has 0 spiro atoms. The van der Waals surface area contributed by atoms with Gasteiger partial charge in [-0.15, -0.1) is 0 Å². The summed E-state index contributed by atoms with van der Waals surface area (Å²) < 4.78 is 0. The summed E-state index contributed by atoms with van der Waals surface area (Å²) in [6.07, 6.45) is 3.55. The molecular weight excluding hydrogens is 292 g/mol. The van der Waals surface area contributed by atoms with Crippen molar-refractivity contribution in [2.45, 2.75) is 33.1 Å². The molecular formula is C18H22N2O3. The zero-order valence-corrected chi connectivity index (χ0v) is 13.6. The van der Waals surface area contributed by atoms with Gasteiger partial charge in [-0.25, -0.2) is 0 Å². The summed E-state index contributed by atoms with van der Waals surface area (Å²) in [5.41, 5.74) is 2.35. The molecule has 5 nitrogen and oxygen atoms in total. The maximum atomic E-state index is 12.6. The van der Waals surface area contributed by atoms with E-state index in [1.165, 1.54) is 0 Å². The average Bonchev–Trinajstić information content (AvgIpc) is 2.92. The second-order valence-corrected chi connectivity index (χ2v) is 6.77. The lowest BCUT2D eigenvalue weighted by molar-refractivity contribution is -0.153. The molecule has 1 aliphatic heterocycles. The number of carboxylic acid groups (broad SMARTS) is 1. The van der Waals surface area contributed by atoms with Crippen LogP contribution in [-0.4, -0.2) is 40.0 Å². The lowest BCUT2D eigenvalue weighted by atomic mass is 9.82. The van der Waals surface area contributed by atoms with Crippen molar-refractivity contribution in [2.24, 2.45) is 5.41 Å². The molecule has 1 amide bonds. The molecule has 2 aromatic rings. The molecule has 2 heterocycles. The first kappa shape index (κ1) is 15.6. The van der Waals surface area contributed by atoms with Crippen LogP contribution in [-0.2, 0) is 16.0 Å². The van der Waals surface area contributed by atoms with Crippen LogP contribution in [0.5, 0.6) is 0 Å². The van der Waals surface area contributed by atoms with Crippen molar-refractivity contribution in [1.29, 1.82) is 0 Å². The number of piperidine rings is 1. The Morgan fingerprint density at radius 3 is 2.91 bits per heavy atom. The molecule has 1 aromatic carbocycles. The lowest BCUT2D eigenvalue weighted by Gasteiger charge is -2.37. The van der Waals surface area contributed by atoms with Crippen molar-refractivity contribution in [2.75, 3.05) is 13.1 Å². The number of H-pyrrole nitrogens is 1. The number of carboxylic acids is 1. The number of carbonyl (C=O) groups is 2. The Bertz CT molecular complexity index is 765. The van der Waals surface area contributed by atoms with Crippen molar-refractivity contribution >= 4 is 22.8 Å². The summed E-state index contributed by atoms with van der Waals surface area (Å²) in [5.74, 6) is -0.822. The van der Waals surface area contributed by atoms with E-state index in [4.69, 9.17) is 0 Å². The third-order valence-corrected chi connectivity index (χ3v) is 4.92. The average molecular weight is 314 g/mol. The van der Waals surface area contributed by atoms with E-state index in [0.717, 1.165) is 28.5 Å². The third kappa shape index (κ3) is 2.83. The van der Waals surface area contributed by atoms with E-state index in [1.807, 2.05) is 31.3 Å². The Morgan fingerprint density at radius 1 is 1.39 bits per heavy atom. The van der Waals surface area contributed by atoms with Crippen LogP contribution in [0.3, 0.4) is 0 Å². The van der Waals surface area contributed by atoms with E-state index in [1.54, 1.807) is 11.8 Å². The van der Waals surface area contributed by atoms with Crippen LogP contribution in [0, 0.1) is 12.3 Å². The number of aryl methyl sites for hydroxylation is 1. The van der Waals surface area contributed by atoms with Gasteiger partial charge < -0.3 is 15.0 Å². The number of para-hydroxylation sites is 1. The summed E-state index contributed by atoms with van der Waals surface area (Å²) in [6, 6.07) is 6.04. The van der Waals surface area contributed by atoms with Crippen LogP contribution < -0.4 is 0 Å². The Balaban J connectivity index is 1.78. The van der Waals surface area contributed by atoms with Crippen molar-refractivity contribution in [3.8, 4) is 0 Å². The van der Waals surface area contributed by atoms with Gasteiger partial charge in [0.15, 0.2) is 0 Å². The highest BCUT2D eigenvalue weighted by atomic mass is 16.4. The van der Waals surface area contributed by atoms with Crippen LogP contribution in [0.15, 0.2) is 24.4 Å². The minimum atomic E-state index is -0.829. The number of carbonyl (C=O) groups excluding carboxylic acids is 1. The number of likely N-dealkylation sites (tertiary alicyclic amines) is 1. The number of nitrogens with zero attached hydrogens (tertiary/aromatic N) is 1. The lowest BCUT2D eigenvalue weighted by Crippen LogP contribution is -2.48. The largest absolute Gasteiger partial charge is 0.481 e. The van der Waals surface area contributed by atoms with Gasteiger partial charge >= 0.3 is 5.97 Å². The number of amides is 1. The molecule has 3 rings (SSSR count). The number of aliphatic carboxylic acids is 1. The smallest absolute Gasteiger partial charge is 0.311 e. The summed E-state index contributed by atoms with van der Waals surface area (Å²) in [6.45, 7) is 4.70. The molecule has 0 bridgehead atoms. The second-order valence-electron chi connectivity index (χ2n) is 6.77. The van der Waals surface area contributed by atoms with Crippen molar-refractivity contribution in [3.63, 3.8) is 0 Å². The molecule has 0 saturated carbocycles. The molecule has 2 N–H and O–H groups in total. The molecule has 0 aliphatic carbocycles. The van der Waals surface area contributed by atoms with E-state index < -0.39 is 11.4 Å². The van der Waals surface area contributed by atoms with E-state index >= 15 is 0 Å². The molecule has 1 fully saturated rings. The maximum absolute atomic E-state index is 12.6. The first-order valence-electron chi connectivity index (χ1n) is 7.97. The third-order valence-electron chi connectivity index (χ3n) is 4.92. The number of aromatic amines is 1. The number of nitrogens with one attached hydrogen (secondary N) is 1. The summed E-state index contributed by atoms with van der Waals surface area (Å²) in [7, 11) is 0. The highest BCUT2D eigenvalue weighted by Crippen LogP contribution is 2.30. The maximum Gasteiger partial charge on any atom is 0.311 e. The predicted octanol–water partition coefficient (Wildman–Crippen LogP) is 2.73. The van der Waals surface area contributed by atoms with Gasteiger partial charge in [-0.05, 0) is 37.8 Å². The second kappa shape index (κ2) is 5.72. The van der Waals surface area contributed by atoms with Crippen LogP contribution in [0.2, 0.25) is 0 Å². The Hall–Kier alpha value is -2.30. The number of aromatic nitrogens is 1. The molecule has 122 valence electrons. The zero-order valence-electron chi connectivity index (χ0n) is 13.6. The van der Waals surface area contributed by atoms with E-state index in [-0.39, 0.29) is 5.91 Å². The van der Waals surface area contributed by atoms with Crippen LogP contribution >= 0.6 is 0 Å². The van der Waals surface area contributed by atoms with E-state index in [0.29, 0.717) is 25.9 Å². The van der Waals surface area contributed by atoms with E-state index in [9.17, 15) is 14.7 Å². The molecule has 1 atom stereocenters. The van der Waals surface area contributed by atoms with Gasteiger partial charge in [-0.3, -0.25) is 9.59 Å². The Morgan fingerprint density at radius 2 is 2.17 bits per heavy atom. The Labute approximate surface area is 135 Å². The normalized spacial score (nSPS) is 21.6. The summed E-state index contributed by atoms with van der Waals surface area (Å²) >= 11 is 0. The van der Waals surface area contributed by atoms with Gasteiger partial charge in [0.25, 0.3) is 0 Å². The SMILES string of the molecule is Cc1cccc2c(CC(=O)N3CCCC(C)(C(=O)O)C3)c[nH]c12. The molecule has 0 radical (unpaired) electrons. The van der Waals surface area contributed by atoms with Crippen molar-refractivity contribution in [1.82, 2.24) is 9.88 Å². The molecule has 1 saturated heterocycles. The van der Waals surface area contributed by atoms with Crippen molar-refractivity contribution < 1.29 is 14.7 Å². The van der Waals surface area contributed by atoms with Gasteiger partial charge in [-0.2, -0.15) is 0 Å². The minimum absolute atomic E-state index is 0.000388. The molecule has 1 aromatic heterocycles. The van der Waals surface area contributed by atoms with Crippen LogP contribution in [0.4, 0.5) is 0 Å². The Kier molecular flexibility index (Phi) is 3.88. The molecule has 5 heteroatoms. The zero-order chi connectivity index (χ0) is 16.6. The highest BCUT2D eigenvalue weighted by Gasteiger charge is 2.39. The first-order chi connectivity index (χ1) is 10.9. The van der Waals surface area contributed by atoms with Gasteiger partial charge in [-0.1, -0.05) is 18.2 Å². The molecule has 1 aliphatic rings. The fourth-order valence-electron chi connectivity index (χ4n) is 3.41. The fraction of sp³-hybridized carbons (Fsp3) is 0.444. The van der Waals surface area contributed by atoms with Gasteiger partial charge in [0.05, 0.1) is 11.8 Å². The molecule has 23 heavy (non-hydrogen) atoms. The summed E-state index contributed by atoms with van der Waals surface area (Å²) in [4.78, 5) is 29.0. The molecule has 1 unspecified atom stereocenters. The quantitative estimate of drug-likeness (QED) is 0.915. The fourth-order valence-corrected chi connectivity index (χ4v) is 3.41. The number of hydrogen-bond acceptors (Lipinski definition) is 2. The predicted molar refractivity (Wildman–Crippen MR) is 88.3 cm³/mol.